The number of nitro benzene ring substituents is 1. The fourth-order valence-electron chi connectivity index (χ4n) is 2.22. The third-order valence-electron chi connectivity index (χ3n) is 3.27. The molecule has 1 aliphatic heterocycles. The second-order valence-corrected chi connectivity index (χ2v) is 4.64. The standard InChI is InChI=1S/C13H16N2O5/c16-13(17)11-9-10(15(18)19)3-4-12(11)20-8-7-14-5-1-2-6-14/h3-4,9H,1-2,5-8H2,(H,16,17). The Morgan fingerprint density at radius 3 is 2.70 bits per heavy atom. The van der Waals surface area contributed by atoms with E-state index in [0.29, 0.717) is 6.61 Å². The Labute approximate surface area is 115 Å². The molecule has 2 rings (SSSR count). The minimum atomic E-state index is -1.23. The van der Waals surface area contributed by atoms with E-state index >= 15 is 0 Å². The van der Waals surface area contributed by atoms with Crippen molar-refractivity contribution in [3.63, 3.8) is 0 Å². The maximum atomic E-state index is 11.1. The summed E-state index contributed by atoms with van der Waals surface area (Å²) in [5, 5.41) is 19.7. The maximum Gasteiger partial charge on any atom is 0.339 e. The summed E-state index contributed by atoms with van der Waals surface area (Å²) in [4.78, 5) is 23.4. The van der Waals surface area contributed by atoms with E-state index in [4.69, 9.17) is 9.84 Å². The van der Waals surface area contributed by atoms with E-state index in [1.165, 1.54) is 25.0 Å². The molecule has 0 aromatic heterocycles. The second kappa shape index (κ2) is 6.33. The van der Waals surface area contributed by atoms with Crippen LogP contribution < -0.4 is 4.74 Å². The van der Waals surface area contributed by atoms with Gasteiger partial charge in [-0.3, -0.25) is 15.0 Å². The first kappa shape index (κ1) is 14.3. The first-order valence-electron chi connectivity index (χ1n) is 6.45. The number of nitrogens with zero attached hydrogens (tertiary/aromatic N) is 2. The Morgan fingerprint density at radius 2 is 2.10 bits per heavy atom. The third-order valence-corrected chi connectivity index (χ3v) is 3.27. The van der Waals surface area contributed by atoms with Gasteiger partial charge in [0.2, 0.25) is 0 Å². The summed E-state index contributed by atoms with van der Waals surface area (Å²) in [7, 11) is 0. The zero-order chi connectivity index (χ0) is 14.5. The molecule has 0 aliphatic carbocycles. The molecule has 1 aromatic rings. The van der Waals surface area contributed by atoms with E-state index in [0.717, 1.165) is 25.7 Å². The lowest BCUT2D eigenvalue weighted by Gasteiger charge is -2.15. The molecular formula is C13H16N2O5. The average Bonchev–Trinajstić information content (AvgIpc) is 2.91. The number of ether oxygens (including phenoxy) is 1. The first-order valence-corrected chi connectivity index (χ1v) is 6.45. The monoisotopic (exact) mass is 280 g/mol. The van der Waals surface area contributed by atoms with E-state index in [2.05, 4.69) is 4.90 Å². The lowest BCUT2D eigenvalue weighted by atomic mass is 10.2. The van der Waals surface area contributed by atoms with Gasteiger partial charge in [-0.15, -0.1) is 0 Å². The highest BCUT2D eigenvalue weighted by Crippen LogP contribution is 2.24. The number of benzene rings is 1. The lowest BCUT2D eigenvalue weighted by Crippen LogP contribution is -2.25. The number of rotatable bonds is 6. The second-order valence-electron chi connectivity index (χ2n) is 4.64. The highest BCUT2D eigenvalue weighted by atomic mass is 16.6. The number of aromatic carboxylic acids is 1. The molecule has 0 bridgehead atoms. The minimum absolute atomic E-state index is 0.169. The topological polar surface area (TPSA) is 92.9 Å². The fraction of sp³-hybridized carbons (Fsp3) is 0.462. The predicted molar refractivity (Wildman–Crippen MR) is 71.2 cm³/mol. The number of hydrogen-bond acceptors (Lipinski definition) is 5. The number of nitro groups is 1. The summed E-state index contributed by atoms with van der Waals surface area (Å²) in [6, 6.07) is 3.61. The average molecular weight is 280 g/mol. The molecule has 1 N–H and O–H groups in total. The van der Waals surface area contributed by atoms with E-state index < -0.39 is 10.9 Å². The van der Waals surface area contributed by atoms with Gasteiger partial charge in [-0.1, -0.05) is 0 Å². The van der Waals surface area contributed by atoms with Crippen LogP contribution in [0.25, 0.3) is 0 Å². The molecule has 108 valence electrons. The van der Waals surface area contributed by atoms with Gasteiger partial charge in [0.15, 0.2) is 0 Å². The number of carboxylic acid groups (broad SMARTS) is 1. The molecule has 0 amide bonds. The van der Waals surface area contributed by atoms with Crippen molar-refractivity contribution in [1.82, 2.24) is 4.90 Å². The summed E-state index contributed by atoms with van der Waals surface area (Å²) in [6.45, 7) is 3.18. The SMILES string of the molecule is O=C(O)c1cc([N+](=O)[O-])ccc1OCCN1CCCC1. The van der Waals surface area contributed by atoms with Crippen LogP contribution in [0.2, 0.25) is 0 Å². The molecule has 0 atom stereocenters. The molecule has 7 nitrogen and oxygen atoms in total. The van der Waals surface area contributed by atoms with Crippen LogP contribution in [0.4, 0.5) is 5.69 Å². The number of non-ortho nitro benzene ring substituents is 1. The summed E-state index contributed by atoms with van der Waals surface area (Å²) in [6.07, 6.45) is 2.36. The van der Waals surface area contributed by atoms with Crippen molar-refractivity contribution in [1.29, 1.82) is 0 Å². The normalized spacial score (nSPS) is 15.2. The van der Waals surface area contributed by atoms with Crippen LogP contribution in [-0.4, -0.2) is 47.1 Å². The predicted octanol–water partition coefficient (Wildman–Crippen LogP) is 1.77. The largest absolute Gasteiger partial charge is 0.491 e. The van der Waals surface area contributed by atoms with Crippen LogP contribution in [0, 0.1) is 10.1 Å². The molecule has 0 unspecified atom stereocenters. The molecule has 1 fully saturated rings. The van der Waals surface area contributed by atoms with Gasteiger partial charge in [-0.05, 0) is 32.0 Å². The highest BCUT2D eigenvalue weighted by Gasteiger charge is 2.17. The quantitative estimate of drug-likeness (QED) is 0.630. The Hall–Kier alpha value is -2.15. The van der Waals surface area contributed by atoms with Gasteiger partial charge in [-0.2, -0.15) is 0 Å². The molecular weight excluding hydrogens is 264 g/mol. The summed E-state index contributed by atoms with van der Waals surface area (Å²) in [5.41, 5.74) is -0.435. The smallest absolute Gasteiger partial charge is 0.339 e. The van der Waals surface area contributed by atoms with Gasteiger partial charge in [-0.25, -0.2) is 4.79 Å². The van der Waals surface area contributed by atoms with Crippen LogP contribution in [0.3, 0.4) is 0 Å². The molecule has 7 heteroatoms. The molecule has 1 saturated heterocycles. The van der Waals surface area contributed by atoms with Crippen molar-refractivity contribution < 1.29 is 19.6 Å². The van der Waals surface area contributed by atoms with Gasteiger partial charge < -0.3 is 9.84 Å². The van der Waals surface area contributed by atoms with Gasteiger partial charge in [0.25, 0.3) is 5.69 Å². The minimum Gasteiger partial charge on any atom is -0.491 e. The Balaban J connectivity index is 2.02. The molecule has 1 aliphatic rings. The number of carbonyl (C=O) groups is 1. The number of carboxylic acids is 1. The van der Waals surface area contributed by atoms with Crippen LogP contribution in [0.1, 0.15) is 23.2 Å². The van der Waals surface area contributed by atoms with Crippen molar-refractivity contribution in [3.05, 3.63) is 33.9 Å². The van der Waals surface area contributed by atoms with Gasteiger partial charge in [0.1, 0.15) is 17.9 Å². The third kappa shape index (κ3) is 3.45. The molecule has 0 radical (unpaired) electrons. The molecule has 0 spiro atoms. The summed E-state index contributed by atoms with van der Waals surface area (Å²) < 4.78 is 5.45. The van der Waals surface area contributed by atoms with Crippen molar-refractivity contribution in [3.8, 4) is 5.75 Å². The van der Waals surface area contributed by atoms with Crippen LogP contribution in [0.15, 0.2) is 18.2 Å². The van der Waals surface area contributed by atoms with Crippen molar-refractivity contribution in [2.24, 2.45) is 0 Å². The molecule has 1 heterocycles. The van der Waals surface area contributed by atoms with E-state index in [-0.39, 0.29) is 17.0 Å². The molecule has 20 heavy (non-hydrogen) atoms. The Kier molecular flexibility index (Phi) is 4.52. The van der Waals surface area contributed by atoms with Gasteiger partial charge in [0.05, 0.1) is 4.92 Å². The van der Waals surface area contributed by atoms with Crippen LogP contribution >= 0.6 is 0 Å². The summed E-state index contributed by atoms with van der Waals surface area (Å²) >= 11 is 0. The number of hydrogen-bond donors (Lipinski definition) is 1. The Morgan fingerprint density at radius 1 is 1.40 bits per heavy atom. The fourth-order valence-corrected chi connectivity index (χ4v) is 2.22. The van der Waals surface area contributed by atoms with Crippen LogP contribution in [0.5, 0.6) is 5.75 Å². The summed E-state index contributed by atoms with van der Waals surface area (Å²) in [5.74, 6) is -1.06. The first-order chi connectivity index (χ1) is 9.58. The number of likely N-dealkylation sites (tertiary alicyclic amines) is 1. The Bertz CT molecular complexity index is 511. The van der Waals surface area contributed by atoms with E-state index in [1.807, 2.05) is 0 Å². The van der Waals surface area contributed by atoms with E-state index in [9.17, 15) is 14.9 Å². The van der Waals surface area contributed by atoms with Gasteiger partial charge in [0, 0.05) is 18.7 Å². The zero-order valence-electron chi connectivity index (χ0n) is 10.9. The molecule has 0 saturated carbocycles. The zero-order valence-corrected chi connectivity index (χ0v) is 10.9. The van der Waals surface area contributed by atoms with E-state index in [1.54, 1.807) is 0 Å². The van der Waals surface area contributed by atoms with Crippen LogP contribution in [-0.2, 0) is 0 Å². The maximum absolute atomic E-state index is 11.1. The highest BCUT2D eigenvalue weighted by molar-refractivity contribution is 5.91. The lowest BCUT2D eigenvalue weighted by molar-refractivity contribution is -0.384. The van der Waals surface area contributed by atoms with Crippen molar-refractivity contribution >= 4 is 11.7 Å². The molecule has 1 aromatic carbocycles. The van der Waals surface area contributed by atoms with Gasteiger partial charge >= 0.3 is 5.97 Å². The van der Waals surface area contributed by atoms with Crippen molar-refractivity contribution in [2.45, 2.75) is 12.8 Å². The van der Waals surface area contributed by atoms with Crippen molar-refractivity contribution in [2.75, 3.05) is 26.2 Å².